The van der Waals surface area contributed by atoms with E-state index in [-0.39, 0.29) is 31.9 Å². The zero-order valence-electron chi connectivity index (χ0n) is 33.0. The number of aromatic nitrogens is 1. The van der Waals surface area contributed by atoms with Crippen LogP contribution in [0.4, 0.5) is 5.69 Å². The predicted octanol–water partition coefficient (Wildman–Crippen LogP) is 14.9. The van der Waals surface area contributed by atoms with Crippen molar-refractivity contribution >= 4 is 5.69 Å². The van der Waals surface area contributed by atoms with Crippen LogP contribution in [0.2, 0.25) is 0 Å². The van der Waals surface area contributed by atoms with E-state index in [4.69, 9.17) is 10.3 Å². The number of hydrogen-bond acceptors (Lipinski definition) is 1. The molecule has 7 aromatic carbocycles. The summed E-state index contributed by atoms with van der Waals surface area (Å²) in [5.74, 6) is 0.489. The minimum absolute atomic E-state index is 0. The molecule has 8 rings (SSSR count). The molecule has 0 saturated carbocycles. The van der Waals surface area contributed by atoms with Crippen molar-refractivity contribution in [2.75, 3.05) is 0 Å². The molecule has 0 aliphatic carbocycles. The number of rotatable bonds is 7. The van der Waals surface area contributed by atoms with Crippen molar-refractivity contribution < 1.29 is 25.8 Å². The van der Waals surface area contributed by atoms with Crippen LogP contribution in [0.5, 0.6) is 0 Å². The van der Waals surface area contributed by atoms with Crippen molar-refractivity contribution in [2.45, 2.75) is 25.8 Å². The molecule has 2 nitrogen and oxygen atoms in total. The maximum absolute atomic E-state index is 5.26. The standard InChI is InChI=1S/C33H29N2.3C7H7.Hf/c1-24(2)25-20-22-28(23-21-25)34-33(30-17-10-9-16-29(30)26-12-5-3-6-13-26)32-19-11-18-31(35-32)27-14-7-4-8-15-27;3*1-7-5-3-2-4-6-7;/h3-24,33H,1-2H3;3*2-6H,1H2;/q4*-1;+4. The molecular formula is C54H50HfN2. The topological polar surface area (TPSA) is 27.0 Å². The smallest absolute Gasteiger partial charge is 0.673 e. The van der Waals surface area contributed by atoms with Gasteiger partial charge in [0.2, 0.25) is 0 Å². The zero-order valence-corrected chi connectivity index (χ0v) is 36.5. The first-order valence-corrected chi connectivity index (χ1v) is 19.0. The fourth-order valence-corrected chi connectivity index (χ4v) is 5.81. The van der Waals surface area contributed by atoms with E-state index in [0.29, 0.717) is 5.92 Å². The van der Waals surface area contributed by atoms with Gasteiger partial charge in [-0.05, 0) is 46.3 Å². The van der Waals surface area contributed by atoms with Crippen LogP contribution in [0.1, 0.15) is 59.3 Å². The van der Waals surface area contributed by atoms with E-state index >= 15 is 0 Å². The molecule has 0 spiro atoms. The van der Waals surface area contributed by atoms with Gasteiger partial charge in [-0.3, -0.25) is 4.98 Å². The summed E-state index contributed by atoms with van der Waals surface area (Å²) in [7, 11) is 0. The maximum atomic E-state index is 5.26. The molecule has 0 bridgehead atoms. The Balaban J connectivity index is 0.000000263. The summed E-state index contributed by atoms with van der Waals surface area (Å²) in [4.78, 5) is 5.10. The van der Waals surface area contributed by atoms with Crippen LogP contribution in [0.15, 0.2) is 218 Å². The van der Waals surface area contributed by atoms with Crippen molar-refractivity contribution in [1.82, 2.24) is 4.98 Å². The number of benzene rings is 7. The molecule has 0 fully saturated rings. The molecule has 57 heavy (non-hydrogen) atoms. The van der Waals surface area contributed by atoms with Gasteiger partial charge in [0, 0.05) is 11.3 Å². The van der Waals surface area contributed by atoms with Crippen molar-refractivity contribution in [3.63, 3.8) is 0 Å². The summed E-state index contributed by atoms with van der Waals surface area (Å²) in [5.41, 5.74) is 12.0. The van der Waals surface area contributed by atoms with Gasteiger partial charge in [0.05, 0.1) is 5.69 Å². The number of nitrogens with zero attached hydrogens (tertiary/aromatic N) is 2. The van der Waals surface area contributed by atoms with Crippen LogP contribution in [-0.4, -0.2) is 4.98 Å². The third-order valence-electron chi connectivity index (χ3n) is 8.83. The quantitative estimate of drug-likeness (QED) is 0.116. The second-order valence-electron chi connectivity index (χ2n) is 13.5. The first-order chi connectivity index (χ1) is 27.4. The van der Waals surface area contributed by atoms with E-state index in [0.717, 1.165) is 44.9 Å². The molecule has 3 heteroatoms. The van der Waals surface area contributed by atoms with Gasteiger partial charge in [-0.25, -0.2) is 0 Å². The van der Waals surface area contributed by atoms with Crippen LogP contribution in [-0.2, 0) is 25.8 Å². The summed E-state index contributed by atoms with van der Waals surface area (Å²) in [6.45, 7) is 15.6. The summed E-state index contributed by atoms with van der Waals surface area (Å²) in [6.07, 6.45) is 0. The Morgan fingerprint density at radius 2 is 0.842 bits per heavy atom. The van der Waals surface area contributed by atoms with Crippen LogP contribution >= 0.6 is 0 Å². The van der Waals surface area contributed by atoms with Crippen molar-refractivity contribution in [3.8, 4) is 22.4 Å². The van der Waals surface area contributed by atoms with Gasteiger partial charge in [0.25, 0.3) is 0 Å². The molecule has 1 aromatic heterocycles. The molecule has 280 valence electrons. The minimum atomic E-state index is -0.236. The molecule has 1 unspecified atom stereocenters. The fraction of sp³-hybridized carbons (Fsp3) is 0.0741. The monoisotopic (exact) mass is 906 g/mol. The Hall–Kier alpha value is -6.03. The van der Waals surface area contributed by atoms with E-state index in [1.807, 2.05) is 109 Å². The molecule has 1 atom stereocenters. The first-order valence-electron chi connectivity index (χ1n) is 19.0. The van der Waals surface area contributed by atoms with Crippen molar-refractivity contribution in [2.24, 2.45) is 0 Å². The van der Waals surface area contributed by atoms with Gasteiger partial charge in [-0.15, -0.1) is 42.1 Å². The predicted molar refractivity (Wildman–Crippen MR) is 240 cm³/mol. The van der Waals surface area contributed by atoms with E-state index in [9.17, 15) is 0 Å². The van der Waals surface area contributed by atoms with Crippen LogP contribution in [0, 0.1) is 20.8 Å². The molecule has 0 radical (unpaired) electrons. The zero-order chi connectivity index (χ0) is 39.4. The summed E-state index contributed by atoms with van der Waals surface area (Å²) in [6, 6.07) is 73.6. The SMILES string of the molecule is CC(C)c1ccc([N-]C(c2cccc(-c3ccccc3)n2)c2ccccc2-c2ccccc2)cc1.[CH2-]c1ccccc1.[CH2-]c1ccccc1.[CH2-]c1ccccc1.[Hf+4]. The largest absolute Gasteiger partial charge is 4.00 e. The number of hydrogen-bond donors (Lipinski definition) is 0. The Morgan fingerprint density at radius 3 is 1.28 bits per heavy atom. The molecular weight excluding hydrogens is 855 g/mol. The third-order valence-corrected chi connectivity index (χ3v) is 8.83. The first kappa shape index (κ1) is 43.7. The van der Waals surface area contributed by atoms with Gasteiger partial charge in [-0.1, -0.05) is 147 Å². The average molecular weight is 905 g/mol. The molecule has 1 heterocycles. The average Bonchev–Trinajstić information content (AvgIpc) is 3.25. The Morgan fingerprint density at radius 1 is 0.421 bits per heavy atom. The van der Waals surface area contributed by atoms with Crippen LogP contribution in [0.3, 0.4) is 0 Å². The van der Waals surface area contributed by atoms with Crippen LogP contribution in [0.25, 0.3) is 27.7 Å². The second kappa shape index (κ2) is 23.8. The normalized spacial score (nSPS) is 10.4. The van der Waals surface area contributed by atoms with Gasteiger partial charge in [0.15, 0.2) is 0 Å². The van der Waals surface area contributed by atoms with Gasteiger partial charge < -0.3 is 5.32 Å². The molecule has 0 N–H and O–H groups in total. The Kier molecular flexibility index (Phi) is 18.2. The van der Waals surface area contributed by atoms with Gasteiger partial charge in [-0.2, -0.15) is 73.9 Å². The van der Waals surface area contributed by atoms with Gasteiger partial charge in [0.1, 0.15) is 0 Å². The third kappa shape index (κ3) is 14.5. The summed E-state index contributed by atoms with van der Waals surface area (Å²) >= 11 is 0. The molecule has 0 amide bonds. The molecule has 0 saturated heterocycles. The summed E-state index contributed by atoms with van der Waals surface area (Å²) in [5, 5.41) is 5.26. The molecule has 0 aliphatic rings. The van der Waals surface area contributed by atoms with E-state index in [1.54, 1.807) is 0 Å². The van der Waals surface area contributed by atoms with Crippen molar-refractivity contribution in [3.05, 3.63) is 278 Å². The van der Waals surface area contributed by atoms with E-state index in [1.165, 1.54) is 16.7 Å². The molecule has 0 aliphatic heterocycles. The summed E-state index contributed by atoms with van der Waals surface area (Å²) < 4.78 is 0. The van der Waals surface area contributed by atoms with Crippen LogP contribution < -0.4 is 0 Å². The minimum Gasteiger partial charge on any atom is -0.673 e. The van der Waals surface area contributed by atoms with Crippen molar-refractivity contribution in [1.29, 1.82) is 0 Å². The Labute approximate surface area is 360 Å². The number of pyridine rings is 1. The maximum Gasteiger partial charge on any atom is 4.00 e. The van der Waals surface area contributed by atoms with Gasteiger partial charge >= 0.3 is 25.8 Å². The van der Waals surface area contributed by atoms with E-state index in [2.05, 4.69) is 144 Å². The second-order valence-corrected chi connectivity index (χ2v) is 13.5. The molecule has 8 aromatic rings. The Bertz CT molecular complexity index is 2170. The fourth-order valence-electron chi connectivity index (χ4n) is 5.81. The van der Waals surface area contributed by atoms with E-state index < -0.39 is 0 Å².